The summed E-state index contributed by atoms with van der Waals surface area (Å²) in [5, 5.41) is 3.74. The number of carbonyl (C=O) groups excluding carboxylic acids is 1. The number of nitrogens with one attached hydrogen (secondary N) is 1. The maximum atomic E-state index is 12.4. The van der Waals surface area contributed by atoms with Crippen molar-refractivity contribution in [3.8, 4) is 5.75 Å². The zero-order valence-corrected chi connectivity index (χ0v) is 17.6. The van der Waals surface area contributed by atoms with Crippen molar-refractivity contribution in [1.82, 2.24) is 0 Å². The van der Waals surface area contributed by atoms with Crippen molar-refractivity contribution in [2.45, 2.75) is 6.42 Å². The molecule has 3 rings (SSSR count). The van der Waals surface area contributed by atoms with Gasteiger partial charge in [0.15, 0.2) is 0 Å². The lowest BCUT2D eigenvalue weighted by Crippen LogP contribution is -2.36. The lowest BCUT2D eigenvalue weighted by Gasteiger charge is -2.30. The number of hydrogen-bond donors (Lipinski definition) is 1. The summed E-state index contributed by atoms with van der Waals surface area (Å²) < 4.78 is 11.9. The summed E-state index contributed by atoms with van der Waals surface area (Å²) in [5.74, 6) is 0.328. The Morgan fingerprint density at radius 1 is 1.22 bits per heavy atom. The number of amides is 1. The van der Waals surface area contributed by atoms with Crippen LogP contribution in [0.5, 0.6) is 5.75 Å². The molecule has 27 heavy (non-hydrogen) atoms. The monoisotopic (exact) mass is 472 g/mol. The Labute approximate surface area is 176 Å². The molecule has 2 aromatic carbocycles. The van der Waals surface area contributed by atoms with Crippen LogP contribution in [0, 0.1) is 0 Å². The predicted molar refractivity (Wildman–Crippen MR) is 112 cm³/mol. The Balaban J connectivity index is 1.60. The number of carbonyl (C=O) groups is 1. The zero-order chi connectivity index (χ0) is 19.2. The summed E-state index contributed by atoms with van der Waals surface area (Å²) in [5.41, 5.74) is 1.74. The molecule has 0 atom stereocenters. The fourth-order valence-corrected chi connectivity index (χ4v) is 3.46. The minimum absolute atomic E-state index is 0.138. The highest BCUT2D eigenvalue weighted by Crippen LogP contribution is 2.32. The molecule has 0 aliphatic carbocycles. The second-order valence-corrected chi connectivity index (χ2v) is 7.66. The third-order valence-corrected chi connectivity index (χ3v) is 5.38. The van der Waals surface area contributed by atoms with E-state index < -0.39 is 0 Å². The van der Waals surface area contributed by atoms with Gasteiger partial charge in [0, 0.05) is 17.6 Å². The first-order valence-corrected chi connectivity index (χ1v) is 10.1. The summed E-state index contributed by atoms with van der Waals surface area (Å²) in [6.45, 7) is 3.14. The van der Waals surface area contributed by atoms with Crippen LogP contribution in [-0.4, -0.2) is 38.8 Å². The van der Waals surface area contributed by atoms with Crippen LogP contribution < -0.4 is 15.0 Å². The number of anilines is 2. The van der Waals surface area contributed by atoms with E-state index in [2.05, 4.69) is 26.1 Å². The molecular formula is C19H19BrCl2N2O3. The third kappa shape index (κ3) is 5.51. The van der Waals surface area contributed by atoms with Crippen molar-refractivity contribution in [3.63, 3.8) is 0 Å². The molecule has 1 amide bonds. The van der Waals surface area contributed by atoms with Crippen LogP contribution in [0.15, 0.2) is 40.9 Å². The molecule has 1 saturated heterocycles. The normalized spacial score (nSPS) is 14.1. The molecule has 1 fully saturated rings. The highest BCUT2D eigenvalue weighted by Gasteiger charge is 2.16. The number of benzene rings is 2. The van der Waals surface area contributed by atoms with Gasteiger partial charge < -0.3 is 19.7 Å². The number of rotatable bonds is 6. The van der Waals surface area contributed by atoms with Gasteiger partial charge >= 0.3 is 0 Å². The van der Waals surface area contributed by atoms with Gasteiger partial charge in [-0.15, -0.1) is 0 Å². The van der Waals surface area contributed by atoms with Gasteiger partial charge in [0.25, 0.3) is 0 Å². The molecule has 8 heteroatoms. The van der Waals surface area contributed by atoms with Crippen LogP contribution in [0.1, 0.15) is 6.42 Å². The second-order valence-electron chi connectivity index (χ2n) is 5.96. The average Bonchev–Trinajstić information content (AvgIpc) is 2.66. The fourth-order valence-electron chi connectivity index (χ4n) is 2.75. The van der Waals surface area contributed by atoms with Crippen LogP contribution in [0.3, 0.4) is 0 Å². The molecule has 0 saturated carbocycles. The maximum absolute atomic E-state index is 12.4. The van der Waals surface area contributed by atoms with E-state index in [4.69, 9.17) is 32.7 Å². The second kappa shape index (κ2) is 9.64. The molecule has 1 aliphatic rings. The van der Waals surface area contributed by atoms with Gasteiger partial charge in [-0.1, -0.05) is 45.2 Å². The Morgan fingerprint density at radius 3 is 2.78 bits per heavy atom. The molecule has 0 spiro atoms. The van der Waals surface area contributed by atoms with E-state index in [9.17, 15) is 4.79 Å². The summed E-state index contributed by atoms with van der Waals surface area (Å²) in [7, 11) is 0. The van der Waals surface area contributed by atoms with Crippen molar-refractivity contribution >= 4 is 56.4 Å². The van der Waals surface area contributed by atoms with Crippen molar-refractivity contribution < 1.29 is 14.3 Å². The number of morpholine rings is 1. The number of ether oxygens (including phenoxy) is 2. The van der Waals surface area contributed by atoms with Gasteiger partial charge in [-0.2, -0.15) is 0 Å². The summed E-state index contributed by atoms with van der Waals surface area (Å²) in [6.07, 6.45) is 0.192. The van der Waals surface area contributed by atoms with E-state index in [1.54, 1.807) is 18.2 Å². The van der Waals surface area contributed by atoms with Crippen LogP contribution in [0.4, 0.5) is 11.4 Å². The van der Waals surface area contributed by atoms with Gasteiger partial charge in [0.2, 0.25) is 5.91 Å². The smallest absolute Gasteiger partial charge is 0.227 e. The van der Waals surface area contributed by atoms with Gasteiger partial charge in [-0.3, -0.25) is 4.79 Å². The van der Waals surface area contributed by atoms with E-state index in [0.29, 0.717) is 29.0 Å². The van der Waals surface area contributed by atoms with Crippen LogP contribution in [0.25, 0.3) is 0 Å². The van der Waals surface area contributed by atoms with E-state index in [-0.39, 0.29) is 18.9 Å². The summed E-state index contributed by atoms with van der Waals surface area (Å²) in [6, 6.07) is 11.0. The summed E-state index contributed by atoms with van der Waals surface area (Å²) >= 11 is 15.5. The molecule has 2 aromatic rings. The quantitative estimate of drug-likeness (QED) is 0.641. The molecule has 1 N–H and O–H groups in total. The van der Waals surface area contributed by atoms with Gasteiger partial charge in [0.05, 0.1) is 42.6 Å². The Bertz CT molecular complexity index is 814. The SMILES string of the molecule is O=C(CCOc1cccc(Cl)c1Cl)Nc1cc(Br)ccc1N1CCOCC1. The largest absolute Gasteiger partial charge is 0.491 e. The molecule has 144 valence electrons. The first-order valence-electron chi connectivity index (χ1n) is 8.53. The molecule has 0 aromatic heterocycles. The summed E-state index contributed by atoms with van der Waals surface area (Å²) in [4.78, 5) is 14.6. The Morgan fingerprint density at radius 2 is 2.00 bits per heavy atom. The molecule has 0 unspecified atom stereocenters. The van der Waals surface area contributed by atoms with Crippen molar-refractivity contribution in [2.24, 2.45) is 0 Å². The molecule has 0 bridgehead atoms. The highest BCUT2D eigenvalue weighted by molar-refractivity contribution is 9.10. The molecule has 1 heterocycles. The highest BCUT2D eigenvalue weighted by atomic mass is 79.9. The first-order chi connectivity index (χ1) is 13.0. The first kappa shape index (κ1) is 20.3. The van der Waals surface area contributed by atoms with E-state index in [0.717, 1.165) is 28.9 Å². The van der Waals surface area contributed by atoms with Crippen molar-refractivity contribution in [2.75, 3.05) is 43.1 Å². The molecule has 1 aliphatic heterocycles. The molecular weight excluding hydrogens is 455 g/mol. The number of hydrogen-bond acceptors (Lipinski definition) is 4. The zero-order valence-electron chi connectivity index (χ0n) is 14.5. The van der Waals surface area contributed by atoms with Gasteiger partial charge in [-0.05, 0) is 30.3 Å². The average molecular weight is 474 g/mol. The Hall–Kier alpha value is -1.47. The van der Waals surface area contributed by atoms with E-state index >= 15 is 0 Å². The molecule has 0 radical (unpaired) electrons. The lowest BCUT2D eigenvalue weighted by atomic mass is 10.2. The standard InChI is InChI=1S/C19H19BrCl2N2O3/c20-13-4-5-16(24-7-10-26-11-8-24)15(12-13)23-18(25)6-9-27-17-3-1-2-14(21)19(17)22/h1-5,12H,6-11H2,(H,23,25). The molecule has 5 nitrogen and oxygen atoms in total. The predicted octanol–water partition coefficient (Wildman–Crippen LogP) is 5.00. The lowest BCUT2D eigenvalue weighted by molar-refractivity contribution is -0.116. The number of halogens is 3. The van der Waals surface area contributed by atoms with Crippen LogP contribution in [-0.2, 0) is 9.53 Å². The van der Waals surface area contributed by atoms with Crippen molar-refractivity contribution in [3.05, 3.63) is 50.9 Å². The van der Waals surface area contributed by atoms with Gasteiger partial charge in [0.1, 0.15) is 10.8 Å². The number of nitrogens with zero attached hydrogens (tertiary/aromatic N) is 1. The fraction of sp³-hybridized carbons (Fsp3) is 0.316. The Kier molecular flexibility index (Phi) is 7.24. The topological polar surface area (TPSA) is 50.8 Å². The minimum Gasteiger partial charge on any atom is -0.491 e. The van der Waals surface area contributed by atoms with Crippen molar-refractivity contribution in [1.29, 1.82) is 0 Å². The maximum Gasteiger partial charge on any atom is 0.227 e. The minimum atomic E-state index is -0.138. The van der Waals surface area contributed by atoms with E-state index in [1.165, 1.54) is 0 Å². The third-order valence-electron chi connectivity index (χ3n) is 4.09. The van der Waals surface area contributed by atoms with Gasteiger partial charge in [-0.25, -0.2) is 0 Å². The van der Waals surface area contributed by atoms with Crippen LogP contribution >= 0.6 is 39.1 Å². The van der Waals surface area contributed by atoms with Crippen LogP contribution in [0.2, 0.25) is 10.0 Å². The van der Waals surface area contributed by atoms with E-state index in [1.807, 2.05) is 18.2 Å².